The van der Waals surface area contributed by atoms with Crippen LogP contribution in [0.2, 0.25) is 0 Å². The zero-order chi connectivity index (χ0) is 20.5. The number of rotatable bonds is 8. The summed E-state index contributed by atoms with van der Waals surface area (Å²) >= 11 is 1.45. The number of anilines is 1. The lowest BCUT2D eigenvalue weighted by Gasteiger charge is -2.21. The minimum Gasteiger partial charge on any atom is -0.457 e. The smallest absolute Gasteiger partial charge is 0.309 e. The molecule has 156 valence electrons. The second-order valence-electron chi connectivity index (χ2n) is 8.37. The maximum Gasteiger partial charge on any atom is 0.309 e. The maximum atomic E-state index is 13.0. The SMILES string of the molecule is CC(=O)COC(=O)C1CCc2sc(NC(=O)C3CC3)c(C(=O)NCC3CC3)c2C1. The fraction of sp³-hybridized carbons (Fsp3) is 0.619. The number of aryl methyl sites for hydroxylation is 1. The number of Topliss-reactive ketones (excluding diaryl/α,β-unsaturated/α-hetero) is 1. The first-order chi connectivity index (χ1) is 13.9. The first-order valence-electron chi connectivity index (χ1n) is 10.3. The van der Waals surface area contributed by atoms with Gasteiger partial charge in [-0.1, -0.05) is 0 Å². The van der Waals surface area contributed by atoms with E-state index in [-0.39, 0.29) is 36.0 Å². The summed E-state index contributed by atoms with van der Waals surface area (Å²) in [7, 11) is 0. The van der Waals surface area contributed by atoms with Gasteiger partial charge >= 0.3 is 5.97 Å². The van der Waals surface area contributed by atoms with Crippen LogP contribution in [0.15, 0.2) is 0 Å². The van der Waals surface area contributed by atoms with Crippen LogP contribution in [0.25, 0.3) is 0 Å². The number of ketones is 1. The maximum absolute atomic E-state index is 13.0. The van der Waals surface area contributed by atoms with E-state index in [9.17, 15) is 19.2 Å². The molecule has 1 aromatic rings. The minimum absolute atomic E-state index is 0.0303. The standard InChI is InChI=1S/C21H26N2O5S/c1-11(24)10-28-21(27)14-6-7-16-15(8-14)17(19(26)22-9-12-2-3-12)20(29-16)23-18(25)13-4-5-13/h12-14H,2-10H2,1H3,(H,22,26)(H,23,25). The molecule has 29 heavy (non-hydrogen) atoms. The van der Waals surface area contributed by atoms with Crippen LogP contribution in [-0.4, -0.2) is 36.7 Å². The second-order valence-corrected chi connectivity index (χ2v) is 9.48. The fourth-order valence-electron chi connectivity index (χ4n) is 3.61. The van der Waals surface area contributed by atoms with Gasteiger partial charge in [0, 0.05) is 17.3 Å². The number of nitrogens with one attached hydrogen (secondary N) is 2. The van der Waals surface area contributed by atoms with Gasteiger partial charge in [-0.05, 0) is 63.4 Å². The summed E-state index contributed by atoms with van der Waals surface area (Å²) in [5.41, 5.74) is 1.34. The van der Waals surface area contributed by atoms with E-state index < -0.39 is 5.97 Å². The van der Waals surface area contributed by atoms with Crippen molar-refractivity contribution in [2.45, 2.75) is 51.9 Å². The van der Waals surface area contributed by atoms with Crippen molar-refractivity contribution in [3.63, 3.8) is 0 Å². The van der Waals surface area contributed by atoms with Crippen LogP contribution in [0.1, 0.15) is 59.8 Å². The highest BCUT2D eigenvalue weighted by Gasteiger charge is 2.36. The van der Waals surface area contributed by atoms with E-state index in [1.807, 2.05) is 0 Å². The molecule has 2 saturated carbocycles. The number of fused-ring (bicyclic) bond motifs is 1. The molecule has 4 rings (SSSR count). The lowest BCUT2D eigenvalue weighted by Crippen LogP contribution is -2.30. The zero-order valence-corrected chi connectivity index (χ0v) is 17.4. The van der Waals surface area contributed by atoms with E-state index in [0.717, 1.165) is 36.1 Å². The van der Waals surface area contributed by atoms with Crippen molar-refractivity contribution in [1.82, 2.24) is 5.32 Å². The number of esters is 1. The summed E-state index contributed by atoms with van der Waals surface area (Å²) in [4.78, 5) is 49.8. The molecule has 0 saturated heterocycles. The number of carbonyl (C=O) groups is 4. The Morgan fingerprint density at radius 1 is 1.07 bits per heavy atom. The molecule has 1 aromatic heterocycles. The Morgan fingerprint density at radius 3 is 2.48 bits per heavy atom. The molecule has 2 fully saturated rings. The molecule has 3 aliphatic carbocycles. The van der Waals surface area contributed by atoms with Crippen molar-refractivity contribution in [2.75, 3.05) is 18.5 Å². The highest BCUT2D eigenvalue weighted by atomic mass is 32.1. The fourth-order valence-corrected chi connectivity index (χ4v) is 4.86. The Morgan fingerprint density at radius 2 is 1.83 bits per heavy atom. The van der Waals surface area contributed by atoms with Crippen molar-refractivity contribution >= 4 is 39.9 Å². The number of carbonyl (C=O) groups excluding carboxylic acids is 4. The van der Waals surface area contributed by atoms with Gasteiger partial charge in [-0.3, -0.25) is 19.2 Å². The Balaban J connectivity index is 1.54. The van der Waals surface area contributed by atoms with Crippen molar-refractivity contribution in [3.05, 3.63) is 16.0 Å². The van der Waals surface area contributed by atoms with Gasteiger partial charge < -0.3 is 15.4 Å². The molecule has 3 aliphatic rings. The van der Waals surface area contributed by atoms with Crippen molar-refractivity contribution in [2.24, 2.45) is 17.8 Å². The van der Waals surface area contributed by atoms with Gasteiger partial charge in [0.25, 0.3) is 5.91 Å². The third-order valence-corrected chi connectivity index (χ3v) is 6.88. The van der Waals surface area contributed by atoms with Crippen molar-refractivity contribution in [3.8, 4) is 0 Å². The summed E-state index contributed by atoms with van der Waals surface area (Å²) < 4.78 is 5.10. The van der Waals surface area contributed by atoms with Crippen LogP contribution >= 0.6 is 11.3 Å². The van der Waals surface area contributed by atoms with E-state index >= 15 is 0 Å². The number of ether oxygens (including phenoxy) is 1. The molecule has 8 heteroatoms. The minimum atomic E-state index is -0.398. The molecule has 7 nitrogen and oxygen atoms in total. The third-order valence-electron chi connectivity index (χ3n) is 5.67. The average Bonchev–Trinajstić information content (AvgIpc) is 3.59. The molecule has 1 unspecified atom stereocenters. The molecule has 1 heterocycles. The van der Waals surface area contributed by atoms with E-state index in [1.165, 1.54) is 18.3 Å². The third kappa shape index (κ3) is 4.86. The van der Waals surface area contributed by atoms with Gasteiger partial charge in [0.05, 0.1) is 11.5 Å². The second kappa shape index (κ2) is 8.26. The predicted octanol–water partition coefficient (Wildman–Crippen LogP) is 2.47. The molecule has 2 N–H and O–H groups in total. The van der Waals surface area contributed by atoms with Gasteiger partial charge in [-0.2, -0.15) is 0 Å². The molecule has 0 bridgehead atoms. The molecule has 2 amide bonds. The Kier molecular flexibility index (Phi) is 5.72. The molecule has 1 atom stereocenters. The summed E-state index contributed by atoms with van der Waals surface area (Å²) in [5, 5.41) is 6.55. The first kappa shape index (κ1) is 20.1. The van der Waals surface area contributed by atoms with Crippen LogP contribution in [0.3, 0.4) is 0 Å². The van der Waals surface area contributed by atoms with E-state index in [0.29, 0.717) is 42.3 Å². The zero-order valence-electron chi connectivity index (χ0n) is 16.5. The van der Waals surface area contributed by atoms with E-state index in [2.05, 4.69) is 10.6 Å². The lowest BCUT2D eigenvalue weighted by atomic mass is 9.86. The van der Waals surface area contributed by atoms with Crippen LogP contribution in [-0.2, 0) is 32.0 Å². The van der Waals surface area contributed by atoms with E-state index in [4.69, 9.17) is 4.74 Å². The number of hydrogen-bond acceptors (Lipinski definition) is 6. The van der Waals surface area contributed by atoms with Crippen LogP contribution in [0, 0.1) is 17.8 Å². The quantitative estimate of drug-likeness (QED) is 0.632. The van der Waals surface area contributed by atoms with E-state index in [1.54, 1.807) is 0 Å². The largest absolute Gasteiger partial charge is 0.457 e. The monoisotopic (exact) mass is 418 g/mol. The average molecular weight is 419 g/mol. The molecule has 0 radical (unpaired) electrons. The van der Waals surface area contributed by atoms with Gasteiger partial charge in [0.1, 0.15) is 11.6 Å². The van der Waals surface area contributed by atoms with Gasteiger partial charge in [-0.25, -0.2) is 0 Å². The molecule has 0 spiro atoms. The number of amides is 2. The number of thiophene rings is 1. The van der Waals surface area contributed by atoms with Gasteiger partial charge in [0.2, 0.25) is 5.91 Å². The Labute approximate surface area is 173 Å². The predicted molar refractivity (Wildman–Crippen MR) is 108 cm³/mol. The summed E-state index contributed by atoms with van der Waals surface area (Å²) in [5.74, 6) is -0.590. The molecular formula is C21H26N2O5S. The highest BCUT2D eigenvalue weighted by molar-refractivity contribution is 7.17. The van der Waals surface area contributed by atoms with Crippen LogP contribution in [0.5, 0.6) is 0 Å². The molecule has 0 aliphatic heterocycles. The number of hydrogen-bond donors (Lipinski definition) is 2. The molecular weight excluding hydrogens is 392 g/mol. The van der Waals surface area contributed by atoms with Crippen molar-refractivity contribution in [1.29, 1.82) is 0 Å². The van der Waals surface area contributed by atoms with Gasteiger partial charge in [-0.15, -0.1) is 11.3 Å². The Hall–Kier alpha value is -2.22. The highest BCUT2D eigenvalue weighted by Crippen LogP contribution is 2.41. The molecule has 0 aromatic carbocycles. The van der Waals surface area contributed by atoms with Crippen LogP contribution in [0.4, 0.5) is 5.00 Å². The summed E-state index contributed by atoms with van der Waals surface area (Å²) in [6.07, 6.45) is 5.72. The van der Waals surface area contributed by atoms with Gasteiger partial charge in [0.15, 0.2) is 5.78 Å². The normalized spacial score (nSPS) is 20.5. The summed E-state index contributed by atoms with van der Waals surface area (Å²) in [6, 6.07) is 0. The summed E-state index contributed by atoms with van der Waals surface area (Å²) in [6.45, 7) is 1.80. The van der Waals surface area contributed by atoms with Crippen LogP contribution < -0.4 is 10.6 Å². The Bertz CT molecular complexity index is 853. The first-order valence-corrected chi connectivity index (χ1v) is 11.1. The topological polar surface area (TPSA) is 102 Å². The van der Waals surface area contributed by atoms with Crippen molar-refractivity contribution < 1.29 is 23.9 Å². The lowest BCUT2D eigenvalue weighted by molar-refractivity contribution is -0.152.